The lowest BCUT2D eigenvalue weighted by Crippen LogP contribution is -2.64. The van der Waals surface area contributed by atoms with E-state index >= 15 is 0 Å². The minimum atomic E-state index is -3.39. The standard InChI is InChI=1S/C26H44N6O12/c1-11(10-33)27-21(39)16(9-17(36)37)31-24(42)26(43,44)14(4)29-20(38)12(2)28-22(40)18(13(3)34)32-23(41)19(25(6,7)8)30-15(5)35/h10-14,16,18-19,34,43-44H,9H2,1-8H3,(H,27,39)(H,28,40)(H,29,38)(H,30,35)(H,31,42)(H,32,41)(H,36,37)/t11-,12-,13+,14-,16-,18-,19+/m0/s1. The second-order valence-corrected chi connectivity index (χ2v) is 11.5. The van der Waals surface area contributed by atoms with E-state index in [9.17, 15) is 53.7 Å². The number of aldehydes is 1. The molecule has 0 aliphatic carbocycles. The van der Waals surface area contributed by atoms with E-state index in [-0.39, 0.29) is 0 Å². The fourth-order valence-electron chi connectivity index (χ4n) is 3.53. The van der Waals surface area contributed by atoms with Crippen molar-refractivity contribution in [2.24, 2.45) is 5.41 Å². The van der Waals surface area contributed by atoms with E-state index in [1.807, 2.05) is 5.32 Å². The maximum atomic E-state index is 12.9. The Labute approximate surface area is 254 Å². The van der Waals surface area contributed by atoms with Gasteiger partial charge in [-0.05, 0) is 33.1 Å². The van der Waals surface area contributed by atoms with Crippen LogP contribution >= 0.6 is 0 Å². The molecule has 0 aromatic rings. The smallest absolute Gasteiger partial charge is 0.305 e. The van der Waals surface area contributed by atoms with Crippen molar-refractivity contribution in [1.29, 1.82) is 0 Å². The third kappa shape index (κ3) is 12.6. The van der Waals surface area contributed by atoms with Gasteiger partial charge in [-0.2, -0.15) is 0 Å². The number of carbonyl (C=O) groups is 8. The predicted octanol–water partition coefficient (Wildman–Crippen LogP) is -4.24. The number of aliphatic carboxylic acids is 1. The van der Waals surface area contributed by atoms with Gasteiger partial charge in [-0.3, -0.25) is 33.6 Å². The Morgan fingerprint density at radius 1 is 0.750 bits per heavy atom. The highest BCUT2D eigenvalue weighted by Gasteiger charge is 2.43. The summed E-state index contributed by atoms with van der Waals surface area (Å²) in [6, 6.07) is -8.75. The van der Waals surface area contributed by atoms with Gasteiger partial charge in [0.15, 0.2) is 0 Å². The van der Waals surface area contributed by atoms with E-state index < -0.39 is 101 Å². The van der Waals surface area contributed by atoms with Crippen molar-refractivity contribution in [2.45, 2.75) is 110 Å². The van der Waals surface area contributed by atoms with Crippen LogP contribution in [-0.4, -0.2) is 116 Å². The Kier molecular flexibility index (Phi) is 15.1. The number of carboxylic acids is 1. The summed E-state index contributed by atoms with van der Waals surface area (Å²) in [6.45, 7) is 10.8. The predicted molar refractivity (Wildman–Crippen MR) is 151 cm³/mol. The van der Waals surface area contributed by atoms with E-state index in [2.05, 4.69) is 26.6 Å². The monoisotopic (exact) mass is 632 g/mol. The van der Waals surface area contributed by atoms with Crippen molar-refractivity contribution in [2.75, 3.05) is 0 Å². The second-order valence-electron chi connectivity index (χ2n) is 11.5. The number of carboxylic acid groups (broad SMARTS) is 1. The Balaban J connectivity index is 5.56. The van der Waals surface area contributed by atoms with Gasteiger partial charge < -0.3 is 57.1 Å². The van der Waals surface area contributed by atoms with Crippen LogP contribution in [0.3, 0.4) is 0 Å². The fourth-order valence-corrected chi connectivity index (χ4v) is 3.53. The van der Waals surface area contributed by atoms with E-state index in [0.29, 0.717) is 6.29 Å². The van der Waals surface area contributed by atoms with Crippen LogP contribution in [0.25, 0.3) is 0 Å². The number of nitrogens with one attached hydrogen (secondary N) is 6. The molecule has 0 bridgehead atoms. The fraction of sp³-hybridized carbons (Fsp3) is 0.692. The molecule has 0 fully saturated rings. The molecule has 7 atom stereocenters. The normalized spacial score (nSPS) is 16.3. The number of aliphatic hydroxyl groups excluding tert-OH is 1. The topological polar surface area (TPSA) is 290 Å². The Bertz CT molecular complexity index is 1100. The molecule has 0 aromatic heterocycles. The maximum Gasteiger partial charge on any atom is 0.305 e. The molecular weight excluding hydrogens is 588 g/mol. The zero-order valence-corrected chi connectivity index (χ0v) is 25.9. The van der Waals surface area contributed by atoms with Gasteiger partial charge in [0, 0.05) is 6.92 Å². The minimum Gasteiger partial charge on any atom is -0.481 e. The average Bonchev–Trinajstić information content (AvgIpc) is 2.87. The maximum absolute atomic E-state index is 12.9. The molecule has 250 valence electrons. The number of carbonyl (C=O) groups excluding carboxylic acids is 7. The van der Waals surface area contributed by atoms with Gasteiger partial charge in [0.05, 0.1) is 24.6 Å². The molecule has 18 nitrogen and oxygen atoms in total. The van der Waals surface area contributed by atoms with Crippen LogP contribution in [0, 0.1) is 5.41 Å². The molecule has 18 heteroatoms. The number of hydrogen-bond donors (Lipinski definition) is 10. The molecule has 0 aliphatic heterocycles. The molecule has 0 aliphatic rings. The molecule has 0 aromatic carbocycles. The van der Waals surface area contributed by atoms with Crippen molar-refractivity contribution >= 4 is 47.7 Å². The Morgan fingerprint density at radius 2 is 1.30 bits per heavy atom. The van der Waals surface area contributed by atoms with Crippen LogP contribution in [0.4, 0.5) is 0 Å². The first kappa shape index (κ1) is 39.8. The molecule has 0 rings (SSSR count). The minimum absolute atomic E-state index is 0.337. The van der Waals surface area contributed by atoms with E-state index in [4.69, 9.17) is 5.11 Å². The second kappa shape index (κ2) is 16.6. The summed E-state index contributed by atoms with van der Waals surface area (Å²) in [4.78, 5) is 96.8. The van der Waals surface area contributed by atoms with Gasteiger partial charge in [0.2, 0.25) is 29.5 Å². The van der Waals surface area contributed by atoms with Crippen LogP contribution in [-0.2, 0) is 38.4 Å². The first-order chi connectivity index (χ1) is 19.9. The molecule has 0 saturated carbocycles. The highest BCUT2D eigenvalue weighted by Crippen LogP contribution is 2.20. The largest absolute Gasteiger partial charge is 0.481 e. The van der Waals surface area contributed by atoms with Crippen LogP contribution < -0.4 is 31.9 Å². The van der Waals surface area contributed by atoms with Crippen molar-refractivity contribution in [3.05, 3.63) is 0 Å². The van der Waals surface area contributed by atoms with E-state index in [0.717, 1.165) is 6.92 Å². The third-order valence-corrected chi connectivity index (χ3v) is 6.16. The summed E-state index contributed by atoms with van der Waals surface area (Å²) in [7, 11) is 0. The average molecular weight is 633 g/mol. The van der Waals surface area contributed by atoms with E-state index in [1.165, 1.54) is 27.7 Å². The summed E-state index contributed by atoms with van der Waals surface area (Å²) in [5.41, 5.74) is -0.780. The van der Waals surface area contributed by atoms with Gasteiger partial charge in [0.25, 0.3) is 11.7 Å². The molecule has 0 unspecified atom stereocenters. The summed E-state index contributed by atoms with van der Waals surface area (Å²) in [5.74, 6) is -11.0. The zero-order valence-electron chi connectivity index (χ0n) is 25.9. The Morgan fingerprint density at radius 3 is 1.73 bits per heavy atom. The lowest BCUT2D eigenvalue weighted by molar-refractivity contribution is -0.196. The van der Waals surface area contributed by atoms with Crippen molar-refractivity contribution in [3.63, 3.8) is 0 Å². The van der Waals surface area contributed by atoms with Gasteiger partial charge in [-0.25, -0.2) is 0 Å². The van der Waals surface area contributed by atoms with Crippen LogP contribution in [0.2, 0.25) is 0 Å². The number of hydrogen-bond acceptors (Lipinski definition) is 11. The van der Waals surface area contributed by atoms with Gasteiger partial charge in [-0.15, -0.1) is 0 Å². The van der Waals surface area contributed by atoms with Gasteiger partial charge in [-0.1, -0.05) is 20.8 Å². The summed E-state index contributed by atoms with van der Waals surface area (Å²) in [6.07, 6.45) is -2.10. The molecule has 0 spiro atoms. The van der Waals surface area contributed by atoms with Crippen LogP contribution in [0.1, 0.15) is 61.8 Å². The molecular formula is C26H44N6O12. The Hall–Kier alpha value is -4.16. The summed E-state index contributed by atoms with van der Waals surface area (Å²) < 4.78 is 0. The molecule has 0 radical (unpaired) electrons. The van der Waals surface area contributed by atoms with Gasteiger partial charge in [0.1, 0.15) is 30.5 Å². The van der Waals surface area contributed by atoms with Crippen molar-refractivity contribution in [3.8, 4) is 0 Å². The van der Waals surface area contributed by atoms with Crippen LogP contribution in [0.15, 0.2) is 0 Å². The van der Waals surface area contributed by atoms with Gasteiger partial charge >= 0.3 is 5.97 Å². The quantitative estimate of drug-likeness (QED) is 0.0572. The highest BCUT2D eigenvalue weighted by atomic mass is 16.5. The summed E-state index contributed by atoms with van der Waals surface area (Å²) in [5, 5.41) is 53.1. The number of aliphatic hydroxyl groups is 3. The summed E-state index contributed by atoms with van der Waals surface area (Å²) >= 11 is 0. The zero-order chi connectivity index (χ0) is 34.7. The molecule has 0 heterocycles. The molecule has 6 amide bonds. The highest BCUT2D eigenvalue weighted by molar-refractivity contribution is 5.96. The van der Waals surface area contributed by atoms with Crippen molar-refractivity contribution < 1.29 is 58.8 Å². The molecule has 0 saturated heterocycles. The lowest BCUT2D eigenvalue weighted by Gasteiger charge is -2.32. The van der Waals surface area contributed by atoms with Crippen LogP contribution in [0.5, 0.6) is 0 Å². The molecule has 44 heavy (non-hydrogen) atoms. The molecule has 10 N–H and O–H groups in total. The SMILES string of the molecule is CC(=O)N[C@H](C(=O)N[C@H](C(=O)N[C@@H](C)C(=O)N[C@@H](C)C(O)(O)C(=O)N[C@@H](CC(=O)O)C(=O)N[C@@H](C)C=O)[C@@H](C)O)C(C)(C)C. The number of rotatable bonds is 16. The first-order valence-corrected chi connectivity index (χ1v) is 13.5. The third-order valence-electron chi connectivity index (χ3n) is 6.16. The first-order valence-electron chi connectivity index (χ1n) is 13.5. The lowest BCUT2D eigenvalue weighted by atomic mass is 9.85. The van der Waals surface area contributed by atoms with E-state index in [1.54, 1.807) is 20.8 Å². The van der Waals surface area contributed by atoms with Crippen molar-refractivity contribution in [1.82, 2.24) is 31.9 Å². The number of amides is 6.